The molecule has 0 aromatic heterocycles. The molecule has 2 amide bonds. The van der Waals surface area contributed by atoms with Crippen molar-refractivity contribution in [1.82, 2.24) is 10.2 Å². The smallest absolute Gasteiger partial charge is 0.317 e. The van der Waals surface area contributed by atoms with E-state index < -0.39 is 0 Å². The number of rotatable bonds is 6. The first-order valence-corrected chi connectivity index (χ1v) is 8.16. The van der Waals surface area contributed by atoms with Crippen molar-refractivity contribution >= 4 is 6.03 Å². The highest BCUT2D eigenvalue weighted by atomic mass is 19.1. The van der Waals surface area contributed by atoms with Gasteiger partial charge < -0.3 is 20.1 Å². The van der Waals surface area contributed by atoms with Crippen molar-refractivity contribution in [1.29, 1.82) is 0 Å². The Morgan fingerprint density at radius 3 is 2.87 bits per heavy atom. The quantitative estimate of drug-likeness (QED) is 0.845. The molecule has 5 nitrogen and oxygen atoms in total. The lowest BCUT2D eigenvalue weighted by Gasteiger charge is -2.36. The van der Waals surface area contributed by atoms with E-state index in [0.717, 1.165) is 25.8 Å². The van der Waals surface area contributed by atoms with Gasteiger partial charge in [0.1, 0.15) is 18.2 Å². The van der Waals surface area contributed by atoms with Crippen LogP contribution in [0, 0.1) is 5.82 Å². The second-order valence-electron chi connectivity index (χ2n) is 5.97. The van der Waals surface area contributed by atoms with Gasteiger partial charge in [0, 0.05) is 19.2 Å². The molecule has 2 atom stereocenters. The van der Waals surface area contributed by atoms with Crippen LogP contribution in [0.15, 0.2) is 24.3 Å². The summed E-state index contributed by atoms with van der Waals surface area (Å²) in [6.45, 7) is 3.00. The van der Waals surface area contributed by atoms with E-state index in [1.54, 1.807) is 12.1 Å². The largest absolute Gasteiger partial charge is 0.491 e. The predicted octanol–water partition coefficient (Wildman–Crippen LogP) is 2.54. The number of nitrogens with zero attached hydrogens (tertiary/aromatic N) is 1. The zero-order valence-corrected chi connectivity index (χ0v) is 13.5. The SMILES string of the molecule is CC(COc1ccc(F)cc1)NC(=O)N1CCCCC1CCO. The molecule has 1 aromatic carbocycles. The van der Waals surface area contributed by atoms with Crippen molar-refractivity contribution in [3.63, 3.8) is 0 Å². The van der Waals surface area contributed by atoms with E-state index in [2.05, 4.69) is 5.32 Å². The van der Waals surface area contributed by atoms with Gasteiger partial charge in [-0.2, -0.15) is 0 Å². The Kier molecular flexibility index (Phi) is 6.65. The molecule has 1 heterocycles. The second-order valence-corrected chi connectivity index (χ2v) is 5.97. The zero-order valence-electron chi connectivity index (χ0n) is 13.5. The number of hydrogen-bond donors (Lipinski definition) is 2. The van der Waals surface area contributed by atoms with Gasteiger partial charge in [-0.05, 0) is 56.9 Å². The van der Waals surface area contributed by atoms with E-state index in [1.165, 1.54) is 12.1 Å². The number of amides is 2. The Hall–Kier alpha value is -1.82. The summed E-state index contributed by atoms with van der Waals surface area (Å²) in [5.41, 5.74) is 0. The zero-order chi connectivity index (χ0) is 16.7. The summed E-state index contributed by atoms with van der Waals surface area (Å²) in [6, 6.07) is 5.64. The van der Waals surface area contributed by atoms with Gasteiger partial charge in [0.25, 0.3) is 0 Å². The monoisotopic (exact) mass is 324 g/mol. The number of hydrogen-bond acceptors (Lipinski definition) is 3. The number of aliphatic hydroxyl groups excluding tert-OH is 1. The highest BCUT2D eigenvalue weighted by molar-refractivity contribution is 5.75. The fourth-order valence-corrected chi connectivity index (χ4v) is 2.80. The van der Waals surface area contributed by atoms with E-state index >= 15 is 0 Å². The van der Waals surface area contributed by atoms with Gasteiger partial charge in [-0.3, -0.25) is 0 Å². The van der Waals surface area contributed by atoms with Crippen LogP contribution in [0.25, 0.3) is 0 Å². The van der Waals surface area contributed by atoms with Gasteiger partial charge in [0.2, 0.25) is 0 Å². The summed E-state index contributed by atoms with van der Waals surface area (Å²) >= 11 is 0. The van der Waals surface area contributed by atoms with Crippen LogP contribution in [0.5, 0.6) is 5.75 Å². The van der Waals surface area contributed by atoms with E-state index in [1.807, 2.05) is 11.8 Å². The normalized spacial score (nSPS) is 19.3. The maximum Gasteiger partial charge on any atom is 0.317 e. The molecule has 2 N–H and O–H groups in total. The number of likely N-dealkylation sites (tertiary alicyclic amines) is 1. The third-order valence-electron chi connectivity index (χ3n) is 4.03. The maximum absolute atomic E-state index is 12.8. The standard InChI is InChI=1S/C17H25FN2O3/c1-13(12-23-16-7-5-14(18)6-8-16)19-17(22)20-10-3-2-4-15(20)9-11-21/h5-8,13,15,21H,2-4,9-12H2,1H3,(H,19,22). The number of urea groups is 1. The van der Waals surface area contributed by atoms with Crippen molar-refractivity contribution in [2.75, 3.05) is 19.8 Å². The number of halogens is 1. The van der Waals surface area contributed by atoms with Crippen LogP contribution >= 0.6 is 0 Å². The predicted molar refractivity (Wildman–Crippen MR) is 85.9 cm³/mol. The Bertz CT molecular complexity index is 493. The summed E-state index contributed by atoms with van der Waals surface area (Å²) in [5, 5.41) is 12.1. The summed E-state index contributed by atoms with van der Waals surface area (Å²) in [5.74, 6) is 0.266. The molecule has 23 heavy (non-hydrogen) atoms. The van der Waals surface area contributed by atoms with Gasteiger partial charge >= 0.3 is 6.03 Å². The highest BCUT2D eigenvalue weighted by Crippen LogP contribution is 2.19. The number of carbonyl (C=O) groups excluding carboxylic acids is 1. The molecule has 1 saturated heterocycles. The summed E-state index contributed by atoms with van der Waals surface area (Å²) < 4.78 is 18.4. The van der Waals surface area contributed by atoms with E-state index in [4.69, 9.17) is 9.84 Å². The number of ether oxygens (including phenoxy) is 1. The van der Waals surface area contributed by atoms with E-state index in [-0.39, 0.29) is 30.5 Å². The fraction of sp³-hybridized carbons (Fsp3) is 0.588. The molecule has 2 unspecified atom stereocenters. The number of benzene rings is 1. The van der Waals surface area contributed by atoms with Crippen LogP contribution in [-0.2, 0) is 0 Å². The minimum absolute atomic E-state index is 0.0949. The van der Waals surface area contributed by atoms with Crippen molar-refractivity contribution in [2.45, 2.75) is 44.7 Å². The highest BCUT2D eigenvalue weighted by Gasteiger charge is 2.26. The van der Waals surface area contributed by atoms with Gasteiger partial charge in [-0.25, -0.2) is 9.18 Å². The third-order valence-corrected chi connectivity index (χ3v) is 4.03. The van der Waals surface area contributed by atoms with Gasteiger partial charge in [-0.1, -0.05) is 0 Å². The van der Waals surface area contributed by atoms with Crippen LogP contribution in [0.3, 0.4) is 0 Å². The molecule has 2 rings (SSSR count). The topological polar surface area (TPSA) is 61.8 Å². The van der Waals surface area contributed by atoms with Crippen molar-refractivity contribution < 1.29 is 19.0 Å². The number of aliphatic hydroxyl groups is 1. The Morgan fingerprint density at radius 1 is 1.43 bits per heavy atom. The van der Waals surface area contributed by atoms with E-state index in [0.29, 0.717) is 18.8 Å². The molecule has 0 radical (unpaired) electrons. The third kappa shape index (κ3) is 5.39. The molecule has 1 aliphatic rings. The average Bonchev–Trinajstić information content (AvgIpc) is 2.55. The minimum Gasteiger partial charge on any atom is -0.491 e. The molecule has 0 spiro atoms. The molecular formula is C17H25FN2O3. The average molecular weight is 324 g/mol. The van der Waals surface area contributed by atoms with E-state index in [9.17, 15) is 9.18 Å². The molecular weight excluding hydrogens is 299 g/mol. The van der Waals surface area contributed by atoms with Crippen LogP contribution in [0.1, 0.15) is 32.6 Å². The molecule has 0 bridgehead atoms. The molecule has 0 aliphatic carbocycles. The first kappa shape index (κ1) is 17.5. The van der Waals surface area contributed by atoms with Crippen LogP contribution in [0.4, 0.5) is 9.18 Å². The second kappa shape index (κ2) is 8.72. The summed E-state index contributed by atoms with van der Waals surface area (Å²) in [7, 11) is 0. The molecule has 128 valence electrons. The lowest BCUT2D eigenvalue weighted by Crippen LogP contribution is -2.51. The minimum atomic E-state index is -0.307. The maximum atomic E-state index is 12.8. The molecule has 1 aliphatic heterocycles. The Labute approximate surface area is 136 Å². The number of carbonyl (C=O) groups is 1. The van der Waals surface area contributed by atoms with Crippen LogP contribution < -0.4 is 10.1 Å². The summed E-state index contributed by atoms with van der Waals surface area (Å²) in [6.07, 6.45) is 3.65. The van der Waals surface area contributed by atoms with Crippen molar-refractivity contribution in [3.8, 4) is 5.75 Å². The lowest BCUT2D eigenvalue weighted by atomic mass is 10.00. The molecule has 1 fully saturated rings. The number of nitrogens with one attached hydrogen (secondary N) is 1. The first-order valence-electron chi connectivity index (χ1n) is 8.16. The molecule has 6 heteroatoms. The fourth-order valence-electron chi connectivity index (χ4n) is 2.80. The van der Waals surface area contributed by atoms with Crippen molar-refractivity contribution in [2.24, 2.45) is 0 Å². The van der Waals surface area contributed by atoms with Crippen LogP contribution in [-0.4, -0.2) is 47.9 Å². The number of piperidine rings is 1. The first-order chi connectivity index (χ1) is 11.1. The summed E-state index contributed by atoms with van der Waals surface area (Å²) in [4.78, 5) is 14.2. The molecule has 0 saturated carbocycles. The van der Waals surface area contributed by atoms with Gasteiger partial charge in [0.05, 0.1) is 6.04 Å². The Balaban J connectivity index is 1.80. The van der Waals surface area contributed by atoms with Gasteiger partial charge in [-0.15, -0.1) is 0 Å². The van der Waals surface area contributed by atoms with Crippen LogP contribution in [0.2, 0.25) is 0 Å². The van der Waals surface area contributed by atoms with Crippen molar-refractivity contribution in [3.05, 3.63) is 30.1 Å². The Morgan fingerprint density at radius 2 is 2.17 bits per heavy atom. The lowest BCUT2D eigenvalue weighted by molar-refractivity contribution is 0.127. The molecule has 1 aromatic rings. The van der Waals surface area contributed by atoms with Gasteiger partial charge in [0.15, 0.2) is 0 Å².